The van der Waals surface area contributed by atoms with Gasteiger partial charge in [0.05, 0.1) is 6.42 Å². The Morgan fingerprint density at radius 2 is 1.81 bits per heavy atom. The van der Waals surface area contributed by atoms with E-state index >= 15 is 0 Å². The van der Waals surface area contributed by atoms with Crippen molar-refractivity contribution in [2.24, 2.45) is 0 Å². The molecule has 0 bridgehead atoms. The number of carbonyl (C=O) groups is 2. The number of benzene rings is 1. The van der Waals surface area contributed by atoms with Crippen LogP contribution in [0.5, 0.6) is 0 Å². The smallest absolute Gasteiger partial charge is 0.230 e. The first-order valence-corrected chi connectivity index (χ1v) is 8.40. The van der Waals surface area contributed by atoms with Crippen molar-refractivity contribution < 1.29 is 14.0 Å². The highest BCUT2D eigenvalue weighted by Gasteiger charge is 2.19. The van der Waals surface area contributed by atoms with Gasteiger partial charge in [-0.1, -0.05) is 18.2 Å². The van der Waals surface area contributed by atoms with Crippen LogP contribution in [0.2, 0.25) is 0 Å². The van der Waals surface area contributed by atoms with E-state index in [1.54, 1.807) is 42.2 Å². The first kappa shape index (κ1) is 17.8. The van der Waals surface area contributed by atoms with E-state index in [2.05, 4.69) is 15.5 Å². The number of hydrogen-bond acceptors (Lipinski definition) is 5. The third-order valence-corrected chi connectivity index (χ3v) is 4.28. The summed E-state index contributed by atoms with van der Waals surface area (Å²) in [5.74, 6) is 0.322. The van der Waals surface area contributed by atoms with Crippen LogP contribution in [0.3, 0.4) is 0 Å². The summed E-state index contributed by atoms with van der Waals surface area (Å²) in [5.41, 5.74) is 0.331. The fourth-order valence-electron chi connectivity index (χ4n) is 2.81. The van der Waals surface area contributed by atoms with E-state index in [1.165, 1.54) is 6.07 Å². The van der Waals surface area contributed by atoms with Gasteiger partial charge in [0.15, 0.2) is 11.6 Å². The molecule has 7 nitrogen and oxygen atoms in total. The highest BCUT2D eigenvalue weighted by molar-refractivity contribution is 5.91. The number of rotatable bonds is 4. The second-order valence-corrected chi connectivity index (χ2v) is 6.09. The van der Waals surface area contributed by atoms with Crippen LogP contribution in [0.4, 0.5) is 16.0 Å². The van der Waals surface area contributed by atoms with Gasteiger partial charge in [-0.25, -0.2) is 4.39 Å². The van der Waals surface area contributed by atoms with Crippen LogP contribution in [-0.4, -0.2) is 53.1 Å². The highest BCUT2D eigenvalue weighted by atomic mass is 19.1. The Kier molecular flexibility index (Phi) is 5.40. The number of nitrogens with zero attached hydrogens (tertiary/aromatic N) is 4. The lowest BCUT2D eigenvalue weighted by Gasteiger charge is -2.34. The number of amides is 2. The molecule has 8 heteroatoms. The van der Waals surface area contributed by atoms with E-state index in [1.807, 2.05) is 4.90 Å². The molecule has 0 aliphatic carbocycles. The predicted molar refractivity (Wildman–Crippen MR) is 95.2 cm³/mol. The average Bonchev–Trinajstić information content (AvgIpc) is 2.64. The van der Waals surface area contributed by atoms with Gasteiger partial charge in [-0.3, -0.25) is 9.59 Å². The Balaban J connectivity index is 1.55. The molecule has 26 heavy (non-hydrogen) atoms. The molecule has 1 aliphatic heterocycles. The summed E-state index contributed by atoms with van der Waals surface area (Å²) in [6.45, 7) is 4.24. The fraction of sp³-hybridized carbons (Fsp3) is 0.333. The highest BCUT2D eigenvalue weighted by Crippen LogP contribution is 2.15. The van der Waals surface area contributed by atoms with Crippen LogP contribution in [0.25, 0.3) is 0 Å². The zero-order valence-corrected chi connectivity index (χ0v) is 14.5. The van der Waals surface area contributed by atoms with Crippen LogP contribution in [0.1, 0.15) is 12.5 Å². The summed E-state index contributed by atoms with van der Waals surface area (Å²) in [5, 5.41) is 10.8. The topological polar surface area (TPSA) is 78.4 Å². The summed E-state index contributed by atoms with van der Waals surface area (Å²) >= 11 is 0. The predicted octanol–water partition coefficient (Wildman–Crippen LogP) is 1.47. The molecule has 1 saturated heterocycles. The first-order chi connectivity index (χ1) is 12.5. The SMILES string of the molecule is CC(=O)N1CCN(c2ccc(NC(=O)Cc3ccccc3F)nn2)CC1. The molecule has 136 valence electrons. The van der Waals surface area contributed by atoms with Crippen LogP contribution >= 0.6 is 0 Å². The molecular formula is C18H20FN5O2. The lowest BCUT2D eigenvalue weighted by molar-refractivity contribution is -0.129. The molecule has 1 aromatic carbocycles. The molecule has 2 aromatic rings. The molecule has 1 fully saturated rings. The van der Waals surface area contributed by atoms with E-state index in [0.29, 0.717) is 43.4 Å². The molecule has 0 radical (unpaired) electrons. The van der Waals surface area contributed by atoms with Gasteiger partial charge in [0.1, 0.15) is 5.82 Å². The molecule has 1 aliphatic rings. The number of hydrogen-bond donors (Lipinski definition) is 1. The third kappa shape index (κ3) is 4.33. The molecule has 0 saturated carbocycles. The molecule has 1 aromatic heterocycles. The van der Waals surface area contributed by atoms with Crippen molar-refractivity contribution in [2.45, 2.75) is 13.3 Å². The Labute approximate surface area is 150 Å². The Morgan fingerprint density at radius 1 is 1.08 bits per heavy atom. The fourth-order valence-corrected chi connectivity index (χ4v) is 2.81. The summed E-state index contributed by atoms with van der Waals surface area (Å²) in [6.07, 6.45) is -0.0664. The minimum absolute atomic E-state index is 0.0664. The number of aromatic nitrogens is 2. The van der Waals surface area contributed by atoms with Crippen LogP contribution < -0.4 is 10.2 Å². The minimum Gasteiger partial charge on any atom is -0.352 e. The maximum atomic E-state index is 13.6. The zero-order valence-electron chi connectivity index (χ0n) is 14.5. The standard InChI is InChI=1S/C18H20FN5O2/c1-13(25)23-8-10-24(11-9-23)17-7-6-16(21-22-17)20-18(26)12-14-4-2-3-5-15(14)19/h2-7H,8-12H2,1H3,(H,20,21,26). The Bertz CT molecular complexity index is 788. The second kappa shape index (κ2) is 7.90. The lowest BCUT2D eigenvalue weighted by Crippen LogP contribution is -2.48. The number of halogens is 1. The normalized spacial score (nSPS) is 14.2. The first-order valence-electron chi connectivity index (χ1n) is 8.40. The molecule has 2 amide bonds. The van der Waals surface area contributed by atoms with Crippen molar-refractivity contribution in [2.75, 3.05) is 36.4 Å². The average molecular weight is 357 g/mol. The van der Waals surface area contributed by atoms with Gasteiger partial charge in [-0.05, 0) is 23.8 Å². The van der Waals surface area contributed by atoms with E-state index < -0.39 is 5.82 Å². The molecule has 0 spiro atoms. The minimum atomic E-state index is -0.409. The molecular weight excluding hydrogens is 337 g/mol. The van der Waals surface area contributed by atoms with Gasteiger partial charge in [0.25, 0.3) is 0 Å². The summed E-state index contributed by atoms with van der Waals surface area (Å²) in [7, 11) is 0. The van der Waals surface area contributed by atoms with Crippen molar-refractivity contribution in [1.29, 1.82) is 0 Å². The molecule has 2 heterocycles. The van der Waals surface area contributed by atoms with Crippen molar-refractivity contribution >= 4 is 23.5 Å². The van der Waals surface area contributed by atoms with Crippen LogP contribution in [-0.2, 0) is 16.0 Å². The van der Waals surface area contributed by atoms with E-state index in [0.717, 1.165) is 0 Å². The quantitative estimate of drug-likeness (QED) is 0.896. The number of nitrogens with one attached hydrogen (secondary N) is 1. The van der Waals surface area contributed by atoms with Crippen molar-refractivity contribution in [3.63, 3.8) is 0 Å². The van der Waals surface area contributed by atoms with Gasteiger partial charge in [0.2, 0.25) is 11.8 Å². The molecule has 0 atom stereocenters. The van der Waals surface area contributed by atoms with E-state index in [-0.39, 0.29) is 18.2 Å². The summed E-state index contributed by atoms with van der Waals surface area (Å²) < 4.78 is 13.6. The monoisotopic (exact) mass is 357 g/mol. The van der Waals surface area contributed by atoms with Crippen molar-refractivity contribution in [1.82, 2.24) is 15.1 Å². The van der Waals surface area contributed by atoms with Crippen molar-refractivity contribution in [3.05, 3.63) is 47.8 Å². The number of piperazine rings is 1. The summed E-state index contributed by atoms with van der Waals surface area (Å²) in [4.78, 5) is 27.2. The van der Waals surface area contributed by atoms with Crippen LogP contribution in [0, 0.1) is 5.82 Å². The van der Waals surface area contributed by atoms with Gasteiger partial charge in [0, 0.05) is 33.1 Å². The molecule has 3 rings (SSSR count). The summed E-state index contributed by atoms with van der Waals surface area (Å²) in [6, 6.07) is 9.60. The molecule has 0 unspecified atom stereocenters. The van der Waals surface area contributed by atoms with Gasteiger partial charge < -0.3 is 15.1 Å². The number of anilines is 2. The van der Waals surface area contributed by atoms with Crippen molar-refractivity contribution in [3.8, 4) is 0 Å². The van der Waals surface area contributed by atoms with E-state index in [4.69, 9.17) is 0 Å². The molecule has 1 N–H and O–H groups in total. The van der Waals surface area contributed by atoms with Gasteiger partial charge in [-0.2, -0.15) is 0 Å². The largest absolute Gasteiger partial charge is 0.352 e. The Hall–Kier alpha value is -3.03. The van der Waals surface area contributed by atoms with Gasteiger partial charge in [-0.15, -0.1) is 10.2 Å². The van der Waals surface area contributed by atoms with Gasteiger partial charge >= 0.3 is 0 Å². The third-order valence-electron chi connectivity index (χ3n) is 4.28. The maximum absolute atomic E-state index is 13.6. The van der Waals surface area contributed by atoms with Crippen LogP contribution in [0.15, 0.2) is 36.4 Å². The lowest BCUT2D eigenvalue weighted by atomic mass is 10.1. The zero-order chi connectivity index (χ0) is 18.5. The number of carbonyl (C=O) groups excluding carboxylic acids is 2. The maximum Gasteiger partial charge on any atom is 0.230 e. The Morgan fingerprint density at radius 3 is 2.42 bits per heavy atom. The van der Waals surface area contributed by atoms with E-state index in [9.17, 15) is 14.0 Å². The second-order valence-electron chi connectivity index (χ2n) is 6.09.